The third-order valence-electron chi connectivity index (χ3n) is 7.98. The van der Waals surface area contributed by atoms with Gasteiger partial charge in [0.15, 0.2) is 0 Å². The van der Waals surface area contributed by atoms with Crippen LogP contribution in [0.2, 0.25) is 0 Å². The highest BCUT2D eigenvalue weighted by Gasteiger charge is 2.30. The molecule has 1 N–H and O–H groups in total. The van der Waals surface area contributed by atoms with Crippen LogP contribution in [0.5, 0.6) is 0 Å². The molecule has 0 spiro atoms. The molecule has 2 fully saturated rings. The summed E-state index contributed by atoms with van der Waals surface area (Å²) in [7, 11) is 0. The molecule has 1 aromatic carbocycles. The lowest BCUT2D eigenvalue weighted by atomic mass is 9.80. The largest absolute Gasteiger partial charge is 0.361 e. The van der Waals surface area contributed by atoms with E-state index >= 15 is 0 Å². The second-order valence-electron chi connectivity index (χ2n) is 10.2. The molecule has 32 heavy (non-hydrogen) atoms. The van der Waals surface area contributed by atoms with Crippen molar-refractivity contribution in [1.29, 1.82) is 0 Å². The van der Waals surface area contributed by atoms with Gasteiger partial charge in [0.05, 0.1) is 5.69 Å². The number of hydrogen-bond donors (Lipinski definition) is 1. The summed E-state index contributed by atoms with van der Waals surface area (Å²) >= 11 is 0. The van der Waals surface area contributed by atoms with Crippen molar-refractivity contribution < 1.29 is 9.32 Å². The Morgan fingerprint density at radius 1 is 1.06 bits per heavy atom. The first kappa shape index (κ1) is 21.7. The topological polar surface area (TPSA) is 58.4 Å². The number of aromatic nitrogens is 1. The van der Waals surface area contributed by atoms with E-state index < -0.39 is 0 Å². The zero-order valence-corrected chi connectivity index (χ0v) is 19.2. The van der Waals surface area contributed by atoms with Crippen LogP contribution in [-0.4, -0.2) is 35.6 Å². The second-order valence-corrected chi connectivity index (χ2v) is 10.2. The molecule has 5 nitrogen and oxygen atoms in total. The number of piperidine rings is 1. The van der Waals surface area contributed by atoms with Gasteiger partial charge >= 0.3 is 0 Å². The molecule has 0 radical (unpaired) electrons. The van der Waals surface area contributed by atoms with Gasteiger partial charge in [0.2, 0.25) is 5.91 Å². The van der Waals surface area contributed by atoms with E-state index in [0.29, 0.717) is 24.2 Å². The molecule has 3 aliphatic rings. The van der Waals surface area contributed by atoms with Gasteiger partial charge in [-0.05, 0) is 61.2 Å². The van der Waals surface area contributed by atoms with Gasteiger partial charge in [-0.1, -0.05) is 61.5 Å². The van der Waals surface area contributed by atoms with Crippen LogP contribution in [0.15, 0.2) is 34.9 Å². The summed E-state index contributed by atoms with van der Waals surface area (Å²) < 4.78 is 5.71. The maximum Gasteiger partial charge on any atom is 0.223 e. The van der Waals surface area contributed by atoms with Crippen molar-refractivity contribution in [3.63, 3.8) is 0 Å². The normalized spacial score (nSPS) is 24.3. The number of rotatable bonds is 6. The van der Waals surface area contributed by atoms with Crippen LogP contribution >= 0.6 is 0 Å². The second kappa shape index (κ2) is 10.2. The molecule has 0 bridgehead atoms. The predicted molar refractivity (Wildman–Crippen MR) is 125 cm³/mol. The lowest BCUT2D eigenvalue weighted by molar-refractivity contribution is -0.133. The van der Waals surface area contributed by atoms with Gasteiger partial charge in [-0.15, -0.1) is 0 Å². The smallest absolute Gasteiger partial charge is 0.223 e. The van der Waals surface area contributed by atoms with E-state index in [4.69, 9.17) is 4.52 Å². The molecule has 0 unspecified atom stereocenters. The summed E-state index contributed by atoms with van der Waals surface area (Å²) in [6, 6.07) is 10.7. The first-order valence-corrected chi connectivity index (χ1v) is 12.7. The number of fused-ring (bicyclic) bond motifs is 1. The fourth-order valence-corrected chi connectivity index (χ4v) is 6.04. The minimum absolute atomic E-state index is 0.314. The molecule has 1 saturated carbocycles. The third kappa shape index (κ3) is 5.25. The third-order valence-corrected chi connectivity index (χ3v) is 7.98. The Morgan fingerprint density at radius 2 is 1.91 bits per heavy atom. The van der Waals surface area contributed by atoms with Crippen molar-refractivity contribution in [2.24, 2.45) is 17.8 Å². The molecular formula is C27H37N3O2. The van der Waals surface area contributed by atoms with Crippen LogP contribution in [0.1, 0.15) is 67.5 Å². The summed E-state index contributed by atoms with van der Waals surface area (Å²) in [5.74, 6) is 2.99. The van der Waals surface area contributed by atoms with Gasteiger partial charge in [-0.2, -0.15) is 0 Å². The highest BCUT2D eigenvalue weighted by Crippen LogP contribution is 2.30. The van der Waals surface area contributed by atoms with E-state index in [1.165, 1.54) is 43.2 Å². The maximum absolute atomic E-state index is 13.2. The van der Waals surface area contributed by atoms with E-state index in [1.54, 1.807) is 0 Å². The molecule has 172 valence electrons. The fourth-order valence-electron chi connectivity index (χ4n) is 6.04. The zero-order valence-electron chi connectivity index (χ0n) is 19.2. The van der Waals surface area contributed by atoms with Gasteiger partial charge in [-0.25, -0.2) is 0 Å². The molecule has 1 amide bonds. The molecule has 1 aliphatic carbocycles. The highest BCUT2D eigenvalue weighted by atomic mass is 16.5. The summed E-state index contributed by atoms with van der Waals surface area (Å²) in [4.78, 5) is 15.2. The predicted octanol–water partition coefficient (Wildman–Crippen LogP) is 4.54. The minimum Gasteiger partial charge on any atom is -0.361 e. The van der Waals surface area contributed by atoms with Gasteiger partial charge in [0, 0.05) is 32.0 Å². The van der Waals surface area contributed by atoms with E-state index in [2.05, 4.69) is 45.7 Å². The van der Waals surface area contributed by atoms with E-state index in [-0.39, 0.29) is 0 Å². The molecule has 2 aliphatic heterocycles. The monoisotopic (exact) mass is 435 g/mol. The Hall–Kier alpha value is -2.14. The van der Waals surface area contributed by atoms with Crippen LogP contribution in [0, 0.1) is 17.8 Å². The van der Waals surface area contributed by atoms with E-state index in [1.807, 2.05) is 0 Å². The Kier molecular flexibility index (Phi) is 6.92. The number of benzene rings is 1. The number of nitrogens with one attached hydrogen (secondary N) is 1. The summed E-state index contributed by atoms with van der Waals surface area (Å²) in [5, 5.41) is 7.95. The first-order valence-electron chi connectivity index (χ1n) is 12.7. The molecule has 2 aromatic rings. The Labute approximate surface area is 191 Å². The average Bonchev–Trinajstić information content (AvgIpc) is 3.27. The van der Waals surface area contributed by atoms with Crippen molar-refractivity contribution >= 4 is 5.91 Å². The molecule has 3 heterocycles. The number of amides is 1. The van der Waals surface area contributed by atoms with Crippen LogP contribution in [0.4, 0.5) is 0 Å². The van der Waals surface area contributed by atoms with Crippen molar-refractivity contribution in [3.05, 3.63) is 52.9 Å². The first-order chi connectivity index (χ1) is 15.7. The number of carbonyl (C=O) groups excluding carboxylic acids is 1. The standard InChI is InChI=1S/C27H37N3O2/c31-27(30-13-11-21-8-4-5-9-23(21)19-30)16-22-10-12-28-18-24(22)15-25-17-26(32-29-25)14-20-6-2-1-3-7-20/h4-5,8-9,17,20,22,24,28H,1-3,6-7,10-16,18-19H2/t22-,24-/m0/s1. The number of nitrogens with zero attached hydrogens (tertiary/aromatic N) is 2. The van der Waals surface area contributed by atoms with Crippen LogP contribution in [-0.2, 0) is 30.6 Å². The van der Waals surface area contributed by atoms with Crippen LogP contribution in [0.3, 0.4) is 0 Å². The Balaban J connectivity index is 1.17. The summed E-state index contributed by atoms with van der Waals surface area (Å²) in [6.45, 7) is 3.58. The fraction of sp³-hybridized carbons (Fsp3) is 0.630. The van der Waals surface area contributed by atoms with Gasteiger partial charge in [0.25, 0.3) is 0 Å². The van der Waals surface area contributed by atoms with Crippen molar-refractivity contribution in [2.75, 3.05) is 19.6 Å². The van der Waals surface area contributed by atoms with E-state index in [9.17, 15) is 4.79 Å². The average molecular weight is 436 g/mol. The highest BCUT2D eigenvalue weighted by molar-refractivity contribution is 5.76. The molecule has 2 atom stereocenters. The quantitative estimate of drug-likeness (QED) is 0.724. The SMILES string of the molecule is O=C(C[C@@H]1CCNC[C@@H]1Cc1cc(CC2CCCCC2)on1)N1CCc2ccccc2C1. The van der Waals surface area contributed by atoms with Gasteiger partial charge < -0.3 is 14.7 Å². The number of hydrogen-bond acceptors (Lipinski definition) is 4. The van der Waals surface area contributed by atoms with Crippen molar-refractivity contribution in [3.8, 4) is 0 Å². The van der Waals surface area contributed by atoms with Crippen molar-refractivity contribution in [1.82, 2.24) is 15.4 Å². The van der Waals surface area contributed by atoms with Crippen molar-refractivity contribution in [2.45, 2.75) is 70.8 Å². The molecular weight excluding hydrogens is 398 g/mol. The summed E-state index contributed by atoms with van der Waals surface area (Å²) in [5.41, 5.74) is 3.77. The van der Waals surface area contributed by atoms with Gasteiger partial charge in [-0.3, -0.25) is 4.79 Å². The minimum atomic E-state index is 0.314. The zero-order chi connectivity index (χ0) is 21.8. The molecule has 1 aromatic heterocycles. The van der Waals surface area contributed by atoms with E-state index in [0.717, 1.165) is 69.2 Å². The maximum atomic E-state index is 13.2. The molecule has 1 saturated heterocycles. The lowest BCUT2D eigenvalue weighted by Gasteiger charge is -2.34. The molecule has 5 rings (SSSR count). The van der Waals surface area contributed by atoms with Crippen LogP contribution < -0.4 is 5.32 Å². The number of carbonyl (C=O) groups is 1. The summed E-state index contributed by atoms with van der Waals surface area (Å²) in [6.07, 6.45) is 11.4. The van der Waals surface area contributed by atoms with Gasteiger partial charge in [0.1, 0.15) is 5.76 Å². The molecule has 5 heteroatoms. The van der Waals surface area contributed by atoms with Crippen LogP contribution in [0.25, 0.3) is 0 Å². The lowest BCUT2D eigenvalue weighted by Crippen LogP contribution is -2.42. The Morgan fingerprint density at radius 3 is 2.78 bits per heavy atom. The Bertz CT molecular complexity index is 902.